The monoisotopic (exact) mass is 349 g/mol. The van der Waals surface area contributed by atoms with E-state index in [1.165, 1.54) is 23.1 Å². The summed E-state index contributed by atoms with van der Waals surface area (Å²) >= 11 is 8.89. The van der Waals surface area contributed by atoms with Gasteiger partial charge in [-0.2, -0.15) is 0 Å². The van der Waals surface area contributed by atoms with Crippen LogP contribution in [-0.4, -0.2) is 21.6 Å². The lowest BCUT2D eigenvalue weighted by Crippen LogP contribution is -2.13. The average Bonchev–Trinajstić information content (AvgIpc) is 2.89. The van der Waals surface area contributed by atoms with Crippen molar-refractivity contribution in [1.29, 1.82) is 0 Å². The van der Waals surface area contributed by atoms with Gasteiger partial charge < -0.3 is 5.32 Å². The van der Waals surface area contributed by atoms with Crippen molar-refractivity contribution in [2.45, 2.75) is 5.75 Å². The van der Waals surface area contributed by atoms with Crippen LogP contribution in [0.4, 0.5) is 5.13 Å². The predicted molar refractivity (Wildman–Crippen MR) is 93.7 cm³/mol. The van der Waals surface area contributed by atoms with Crippen molar-refractivity contribution < 1.29 is 4.79 Å². The van der Waals surface area contributed by atoms with Gasteiger partial charge in [0.2, 0.25) is 5.91 Å². The molecule has 3 aromatic rings. The summed E-state index contributed by atoms with van der Waals surface area (Å²) in [7, 11) is 0. The molecule has 0 aliphatic carbocycles. The van der Waals surface area contributed by atoms with Crippen molar-refractivity contribution in [2.75, 3.05) is 11.1 Å². The number of carbonyl (C=O) groups is 1. The molecule has 0 radical (unpaired) electrons. The molecule has 2 aromatic heterocycles. The van der Waals surface area contributed by atoms with Gasteiger partial charge in [0.1, 0.15) is 0 Å². The molecule has 0 fully saturated rings. The second-order valence-corrected chi connectivity index (χ2v) is 6.95. The zero-order valence-corrected chi connectivity index (χ0v) is 13.8. The van der Waals surface area contributed by atoms with Crippen LogP contribution in [0.1, 0.15) is 5.69 Å². The summed E-state index contributed by atoms with van der Waals surface area (Å²) < 4.78 is 0.962. The van der Waals surface area contributed by atoms with Gasteiger partial charge in [-0.15, -0.1) is 11.8 Å². The van der Waals surface area contributed by atoms with Crippen LogP contribution in [-0.2, 0) is 10.5 Å². The molecule has 3 rings (SSSR count). The maximum atomic E-state index is 11.9. The standard InChI is InChI=1S/C15H12ClN3OS2/c16-10-4-5-12-13(7-10)22-15(18-12)19-14(20)9-21-8-11-3-1-2-6-17-11/h1-7H,8-9H2,(H,18,19,20). The van der Waals surface area contributed by atoms with E-state index in [4.69, 9.17) is 11.6 Å². The Balaban J connectivity index is 1.54. The highest BCUT2D eigenvalue weighted by molar-refractivity contribution is 7.99. The van der Waals surface area contributed by atoms with E-state index in [0.717, 1.165) is 15.9 Å². The van der Waals surface area contributed by atoms with Gasteiger partial charge in [0, 0.05) is 17.0 Å². The largest absolute Gasteiger partial charge is 0.301 e. The normalized spacial score (nSPS) is 10.8. The molecule has 0 unspecified atom stereocenters. The Bertz CT molecular complexity index is 792. The van der Waals surface area contributed by atoms with Crippen LogP contribution in [0, 0.1) is 0 Å². The lowest BCUT2D eigenvalue weighted by Gasteiger charge is -2.01. The number of anilines is 1. The van der Waals surface area contributed by atoms with E-state index in [1.54, 1.807) is 12.3 Å². The third kappa shape index (κ3) is 3.97. The van der Waals surface area contributed by atoms with Crippen LogP contribution < -0.4 is 5.32 Å². The number of carbonyl (C=O) groups excluding carboxylic acids is 1. The second-order valence-electron chi connectivity index (χ2n) is 4.49. The van der Waals surface area contributed by atoms with Gasteiger partial charge in [0.05, 0.1) is 21.7 Å². The summed E-state index contributed by atoms with van der Waals surface area (Å²) in [5.41, 5.74) is 1.81. The summed E-state index contributed by atoms with van der Waals surface area (Å²) in [5.74, 6) is 1.02. The topological polar surface area (TPSA) is 54.9 Å². The summed E-state index contributed by atoms with van der Waals surface area (Å²) in [6.45, 7) is 0. The van der Waals surface area contributed by atoms with Gasteiger partial charge in [-0.3, -0.25) is 9.78 Å². The number of fused-ring (bicyclic) bond motifs is 1. The molecule has 0 aliphatic rings. The summed E-state index contributed by atoms with van der Waals surface area (Å²) in [4.78, 5) is 20.5. The summed E-state index contributed by atoms with van der Waals surface area (Å²) in [6.07, 6.45) is 1.75. The van der Waals surface area contributed by atoms with Crippen molar-refractivity contribution >= 4 is 56.0 Å². The quantitative estimate of drug-likeness (QED) is 0.749. The van der Waals surface area contributed by atoms with Crippen molar-refractivity contribution in [2.24, 2.45) is 0 Å². The number of nitrogens with zero attached hydrogens (tertiary/aromatic N) is 2. The highest BCUT2D eigenvalue weighted by atomic mass is 35.5. The number of hydrogen-bond acceptors (Lipinski definition) is 5. The minimum Gasteiger partial charge on any atom is -0.301 e. The fraction of sp³-hybridized carbons (Fsp3) is 0.133. The highest BCUT2D eigenvalue weighted by Crippen LogP contribution is 2.28. The second kappa shape index (κ2) is 7.09. The molecule has 112 valence electrons. The van der Waals surface area contributed by atoms with Gasteiger partial charge in [0.25, 0.3) is 0 Å². The molecule has 1 N–H and O–H groups in total. The van der Waals surface area contributed by atoms with Crippen LogP contribution in [0.25, 0.3) is 10.2 Å². The minimum absolute atomic E-state index is 0.0638. The number of aromatic nitrogens is 2. The van der Waals surface area contributed by atoms with Crippen molar-refractivity contribution in [3.63, 3.8) is 0 Å². The molecule has 22 heavy (non-hydrogen) atoms. The van der Waals surface area contributed by atoms with Crippen LogP contribution in [0.3, 0.4) is 0 Å². The van der Waals surface area contributed by atoms with Gasteiger partial charge in [0.15, 0.2) is 5.13 Å². The van der Waals surface area contributed by atoms with Crippen LogP contribution in [0.5, 0.6) is 0 Å². The maximum Gasteiger partial charge on any atom is 0.236 e. The van der Waals surface area contributed by atoms with Gasteiger partial charge >= 0.3 is 0 Å². The first-order valence-corrected chi connectivity index (χ1v) is 8.89. The summed E-state index contributed by atoms with van der Waals surface area (Å²) in [6, 6.07) is 11.2. The van der Waals surface area contributed by atoms with Crippen LogP contribution >= 0.6 is 34.7 Å². The third-order valence-electron chi connectivity index (χ3n) is 2.81. The maximum absolute atomic E-state index is 11.9. The molecule has 0 saturated carbocycles. The van der Waals surface area contributed by atoms with Crippen LogP contribution in [0.2, 0.25) is 5.02 Å². The number of benzene rings is 1. The zero-order valence-electron chi connectivity index (χ0n) is 11.5. The Morgan fingerprint density at radius 1 is 1.32 bits per heavy atom. The number of thioether (sulfide) groups is 1. The van der Waals surface area contributed by atoms with E-state index in [9.17, 15) is 4.79 Å². The number of rotatable bonds is 5. The lowest BCUT2D eigenvalue weighted by molar-refractivity contribution is -0.113. The molecular weight excluding hydrogens is 338 g/mol. The Morgan fingerprint density at radius 2 is 2.23 bits per heavy atom. The molecule has 0 spiro atoms. The number of amides is 1. The van der Waals surface area contributed by atoms with E-state index in [1.807, 2.05) is 30.3 Å². The van der Waals surface area contributed by atoms with Gasteiger partial charge in [-0.05, 0) is 30.3 Å². The number of pyridine rings is 1. The average molecular weight is 350 g/mol. The first-order valence-electron chi connectivity index (χ1n) is 6.54. The molecule has 0 atom stereocenters. The van der Waals surface area contributed by atoms with Crippen molar-refractivity contribution in [3.05, 3.63) is 53.3 Å². The van der Waals surface area contributed by atoms with Gasteiger partial charge in [-0.25, -0.2) is 4.98 Å². The molecule has 4 nitrogen and oxygen atoms in total. The smallest absolute Gasteiger partial charge is 0.236 e. The highest BCUT2D eigenvalue weighted by Gasteiger charge is 2.08. The Hall–Kier alpha value is -1.63. The number of nitrogens with one attached hydrogen (secondary N) is 1. The predicted octanol–water partition coefficient (Wildman–Crippen LogP) is 4.22. The molecule has 0 saturated heterocycles. The van der Waals surface area contributed by atoms with Gasteiger partial charge in [-0.1, -0.05) is 29.0 Å². The Labute approximate surface area is 140 Å². The molecular formula is C15H12ClN3OS2. The molecule has 0 aliphatic heterocycles. The Morgan fingerprint density at radius 3 is 3.05 bits per heavy atom. The minimum atomic E-state index is -0.0638. The number of hydrogen-bond donors (Lipinski definition) is 1. The Kier molecular flexibility index (Phi) is 4.92. The number of halogens is 1. The molecule has 1 aromatic carbocycles. The van der Waals surface area contributed by atoms with Crippen molar-refractivity contribution in [1.82, 2.24) is 9.97 Å². The fourth-order valence-corrected chi connectivity index (χ4v) is 3.74. The van der Waals surface area contributed by atoms with E-state index in [2.05, 4.69) is 15.3 Å². The first-order chi connectivity index (χ1) is 10.7. The zero-order chi connectivity index (χ0) is 15.4. The first kappa shape index (κ1) is 15.3. The van der Waals surface area contributed by atoms with Crippen LogP contribution in [0.15, 0.2) is 42.6 Å². The molecule has 0 bridgehead atoms. The molecule has 2 heterocycles. The molecule has 7 heteroatoms. The van der Waals surface area contributed by atoms with E-state index < -0.39 is 0 Å². The fourth-order valence-electron chi connectivity index (χ4n) is 1.84. The lowest BCUT2D eigenvalue weighted by atomic mass is 10.3. The SMILES string of the molecule is O=C(CSCc1ccccn1)Nc1nc2ccc(Cl)cc2s1. The molecule has 1 amide bonds. The third-order valence-corrected chi connectivity index (χ3v) is 4.94. The number of thiazole rings is 1. The summed E-state index contributed by atoms with van der Waals surface area (Å²) in [5, 5.41) is 4.09. The van der Waals surface area contributed by atoms with Crippen molar-refractivity contribution in [3.8, 4) is 0 Å². The van der Waals surface area contributed by atoms with E-state index in [-0.39, 0.29) is 5.91 Å². The van der Waals surface area contributed by atoms with E-state index in [0.29, 0.717) is 21.7 Å². The van der Waals surface area contributed by atoms with E-state index >= 15 is 0 Å².